The molecule has 1 atom stereocenters. The van der Waals surface area contributed by atoms with E-state index < -0.39 is 6.10 Å². The summed E-state index contributed by atoms with van der Waals surface area (Å²) in [7, 11) is 0. The van der Waals surface area contributed by atoms with Gasteiger partial charge in [-0.2, -0.15) is 0 Å². The second-order valence-electron chi connectivity index (χ2n) is 18.5. The Morgan fingerprint density at radius 2 is 0.627 bits per heavy atom. The van der Waals surface area contributed by atoms with E-state index >= 15 is 0 Å². The number of carbonyl (C=O) groups is 3. The van der Waals surface area contributed by atoms with E-state index in [4.69, 9.17) is 14.2 Å². The van der Waals surface area contributed by atoms with Gasteiger partial charge in [-0.3, -0.25) is 14.4 Å². The lowest BCUT2D eigenvalue weighted by atomic mass is 10.0. The van der Waals surface area contributed by atoms with Gasteiger partial charge in [-0.25, -0.2) is 0 Å². The van der Waals surface area contributed by atoms with Gasteiger partial charge in [0.15, 0.2) is 6.10 Å². The molecule has 0 saturated carbocycles. The summed E-state index contributed by atoms with van der Waals surface area (Å²) in [5.41, 5.74) is 0. The van der Waals surface area contributed by atoms with Crippen LogP contribution in [0.3, 0.4) is 0 Å². The Morgan fingerprint density at radius 1 is 0.313 bits per heavy atom. The smallest absolute Gasteiger partial charge is 0.306 e. The molecule has 0 aromatic rings. The van der Waals surface area contributed by atoms with Gasteiger partial charge in [0.05, 0.1) is 0 Å². The molecule has 0 rings (SSSR count). The van der Waals surface area contributed by atoms with Gasteiger partial charge in [-0.1, -0.05) is 254 Å². The molecule has 0 amide bonds. The Morgan fingerprint density at radius 3 is 1.04 bits per heavy atom. The number of esters is 3. The lowest BCUT2D eigenvalue weighted by Gasteiger charge is -2.18. The Hall–Kier alpha value is -3.41. The lowest BCUT2D eigenvalue weighted by molar-refractivity contribution is -0.166. The van der Waals surface area contributed by atoms with Crippen LogP contribution in [0.2, 0.25) is 0 Å². The molecule has 0 aromatic heterocycles. The molecule has 0 N–H and O–H groups in total. The maximum Gasteiger partial charge on any atom is 0.306 e. The number of ether oxygens (including phenoxy) is 3. The lowest BCUT2D eigenvalue weighted by Crippen LogP contribution is -2.30. The minimum Gasteiger partial charge on any atom is -0.462 e. The maximum atomic E-state index is 12.8. The van der Waals surface area contributed by atoms with Crippen LogP contribution in [0.15, 0.2) is 85.1 Å². The summed E-state index contributed by atoms with van der Waals surface area (Å²) in [6.07, 6.45) is 71.7. The minimum atomic E-state index is -0.827. The molecule has 0 aliphatic rings. The fraction of sp³-hybridized carbons (Fsp3) is 0.721. The number of carbonyl (C=O) groups excluding carboxylic acids is 3. The zero-order valence-electron chi connectivity index (χ0n) is 43.9. The minimum absolute atomic E-state index is 0.114. The summed E-state index contributed by atoms with van der Waals surface area (Å²) in [5, 5.41) is 0. The molecule has 6 nitrogen and oxygen atoms in total. The summed E-state index contributed by atoms with van der Waals surface area (Å²) in [4.78, 5) is 38.0. The normalized spacial score (nSPS) is 12.7. The Balaban J connectivity index is 4.47. The topological polar surface area (TPSA) is 78.9 Å². The van der Waals surface area contributed by atoms with Crippen LogP contribution in [0.5, 0.6) is 0 Å². The Labute approximate surface area is 414 Å². The SMILES string of the molecule is CC/C=C\C/C=C\C/C=C\C/C=C\C/C=C\CCCC(=O)OC(COC(=O)CC/C=C\C/C=C\CCCCCCCC)COC(=O)CCCCCCCCCCCCCCCCCCCCC. The second kappa shape index (κ2) is 55.2. The number of unbranched alkanes of at least 4 members (excludes halogenated alkanes) is 25. The molecular formula is C61H104O6. The highest BCUT2D eigenvalue weighted by atomic mass is 16.6. The third-order valence-corrected chi connectivity index (χ3v) is 11.9. The molecule has 0 aromatic carbocycles. The van der Waals surface area contributed by atoms with E-state index in [1.807, 2.05) is 6.08 Å². The molecule has 1 unspecified atom stereocenters. The predicted molar refractivity (Wildman–Crippen MR) is 288 cm³/mol. The maximum absolute atomic E-state index is 12.8. The van der Waals surface area contributed by atoms with Gasteiger partial charge >= 0.3 is 17.9 Å². The molecule has 0 radical (unpaired) electrons. The van der Waals surface area contributed by atoms with E-state index in [0.29, 0.717) is 19.3 Å². The van der Waals surface area contributed by atoms with Crippen molar-refractivity contribution in [2.75, 3.05) is 13.2 Å². The highest BCUT2D eigenvalue weighted by molar-refractivity contribution is 5.71. The Kier molecular flexibility index (Phi) is 52.4. The first-order chi connectivity index (χ1) is 33.0. The van der Waals surface area contributed by atoms with E-state index in [0.717, 1.165) is 70.6 Å². The fourth-order valence-corrected chi connectivity index (χ4v) is 7.71. The van der Waals surface area contributed by atoms with Crippen LogP contribution in [0.25, 0.3) is 0 Å². The van der Waals surface area contributed by atoms with E-state index in [-0.39, 0.29) is 44.0 Å². The third kappa shape index (κ3) is 53.4. The first-order valence-corrected chi connectivity index (χ1v) is 28.1. The average molecular weight is 933 g/mol. The molecule has 0 aliphatic carbocycles. The standard InChI is InChI=1S/C61H104O6/c1-4-7-10-13-16-19-22-25-27-29-30-32-33-36-39-42-45-48-51-54-60(63)66-57-58(56-65-59(62)53-50-47-44-41-38-35-24-21-18-15-12-9-6-3)67-61(64)55-52-49-46-43-40-37-34-31-28-26-23-20-17-14-11-8-5-2/h8,11,17,20,26,28,34-35,37-38,43-44,46-47,58H,4-7,9-10,12-16,18-19,21-25,27,29-33,36,39-42,45,48-57H2,1-3H3/b11-8-,20-17-,28-26-,37-34-,38-35-,46-43-,47-44-. The van der Waals surface area contributed by atoms with Crippen LogP contribution in [-0.4, -0.2) is 37.2 Å². The predicted octanol–water partition coefficient (Wildman–Crippen LogP) is 18.8. The van der Waals surface area contributed by atoms with Crippen molar-refractivity contribution in [1.29, 1.82) is 0 Å². The zero-order chi connectivity index (χ0) is 48.6. The summed E-state index contributed by atoms with van der Waals surface area (Å²) in [6.45, 7) is 6.43. The quantitative estimate of drug-likeness (QED) is 0.0262. The zero-order valence-corrected chi connectivity index (χ0v) is 43.9. The van der Waals surface area contributed by atoms with Crippen molar-refractivity contribution in [2.45, 2.75) is 271 Å². The van der Waals surface area contributed by atoms with Gasteiger partial charge in [0, 0.05) is 19.3 Å². The first-order valence-electron chi connectivity index (χ1n) is 28.1. The molecule has 0 spiro atoms. The van der Waals surface area contributed by atoms with E-state index in [1.165, 1.54) is 141 Å². The number of rotatable bonds is 50. The second-order valence-corrected chi connectivity index (χ2v) is 18.5. The van der Waals surface area contributed by atoms with Crippen molar-refractivity contribution in [1.82, 2.24) is 0 Å². The van der Waals surface area contributed by atoms with Crippen molar-refractivity contribution in [2.24, 2.45) is 0 Å². The van der Waals surface area contributed by atoms with Crippen molar-refractivity contribution in [3.8, 4) is 0 Å². The van der Waals surface area contributed by atoms with Crippen LogP contribution in [0.4, 0.5) is 0 Å². The van der Waals surface area contributed by atoms with Crippen LogP contribution in [-0.2, 0) is 28.6 Å². The molecule has 0 saturated heterocycles. The number of allylic oxidation sites excluding steroid dienone is 14. The molecule has 0 bridgehead atoms. The fourth-order valence-electron chi connectivity index (χ4n) is 7.71. The molecule has 0 fully saturated rings. The van der Waals surface area contributed by atoms with E-state index in [2.05, 4.69) is 99.8 Å². The summed E-state index contributed by atoms with van der Waals surface area (Å²) >= 11 is 0. The summed E-state index contributed by atoms with van der Waals surface area (Å²) in [6, 6.07) is 0. The van der Waals surface area contributed by atoms with E-state index in [1.54, 1.807) is 0 Å². The van der Waals surface area contributed by atoms with Crippen molar-refractivity contribution < 1.29 is 28.6 Å². The van der Waals surface area contributed by atoms with Gasteiger partial charge in [-0.05, 0) is 77.0 Å². The highest BCUT2D eigenvalue weighted by Gasteiger charge is 2.19. The Bertz CT molecular complexity index is 1300. The molecular weight excluding hydrogens is 829 g/mol. The molecule has 0 heterocycles. The van der Waals surface area contributed by atoms with Crippen LogP contribution in [0, 0.1) is 0 Å². The van der Waals surface area contributed by atoms with Crippen LogP contribution < -0.4 is 0 Å². The molecule has 0 aliphatic heterocycles. The van der Waals surface area contributed by atoms with Crippen LogP contribution in [0.1, 0.15) is 265 Å². The third-order valence-electron chi connectivity index (χ3n) is 11.9. The van der Waals surface area contributed by atoms with Gasteiger partial charge in [0.25, 0.3) is 0 Å². The highest BCUT2D eigenvalue weighted by Crippen LogP contribution is 2.16. The number of hydrogen-bond acceptors (Lipinski definition) is 6. The summed E-state index contributed by atoms with van der Waals surface area (Å²) in [5.74, 6) is -1.04. The number of hydrogen-bond donors (Lipinski definition) is 0. The average Bonchev–Trinajstić information content (AvgIpc) is 3.33. The summed E-state index contributed by atoms with van der Waals surface area (Å²) < 4.78 is 16.7. The van der Waals surface area contributed by atoms with Gasteiger partial charge < -0.3 is 14.2 Å². The van der Waals surface area contributed by atoms with Crippen molar-refractivity contribution >= 4 is 17.9 Å². The molecule has 384 valence electrons. The largest absolute Gasteiger partial charge is 0.462 e. The van der Waals surface area contributed by atoms with Gasteiger partial charge in [0.2, 0.25) is 0 Å². The van der Waals surface area contributed by atoms with Crippen molar-refractivity contribution in [3.63, 3.8) is 0 Å². The monoisotopic (exact) mass is 933 g/mol. The van der Waals surface area contributed by atoms with Crippen LogP contribution >= 0.6 is 0 Å². The van der Waals surface area contributed by atoms with Crippen molar-refractivity contribution in [3.05, 3.63) is 85.1 Å². The van der Waals surface area contributed by atoms with Gasteiger partial charge in [0.1, 0.15) is 13.2 Å². The van der Waals surface area contributed by atoms with Gasteiger partial charge in [-0.15, -0.1) is 0 Å². The molecule has 67 heavy (non-hydrogen) atoms. The first kappa shape index (κ1) is 63.6. The molecule has 6 heteroatoms. The van der Waals surface area contributed by atoms with E-state index in [9.17, 15) is 14.4 Å².